The van der Waals surface area contributed by atoms with E-state index in [1.165, 1.54) is 54.2 Å². The number of allylic oxidation sites excluding steroid dienone is 4. The molecule has 6 rings (SSSR count). The predicted octanol–water partition coefficient (Wildman–Crippen LogP) is 6.99. The molecular formula is C27H19Cs. The van der Waals surface area contributed by atoms with Crippen LogP contribution in [0.1, 0.15) is 12.0 Å². The minimum atomic E-state index is 0. The fourth-order valence-electron chi connectivity index (χ4n) is 4.45. The average Bonchev–Trinajstić information content (AvgIpc) is 3.25. The van der Waals surface area contributed by atoms with Crippen molar-refractivity contribution in [2.75, 3.05) is 0 Å². The maximum absolute atomic E-state index is 2.40. The topological polar surface area (TPSA) is 0 Å². The monoisotopic (exact) mass is 476 g/mol. The minimum absolute atomic E-state index is 0. The number of rotatable bonds is 1. The third kappa shape index (κ3) is 3.02. The molecule has 5 aromatic rings. The molecule has 1 aliphatic carbocycles. The van der Waals surface area contributed by atoms with E-state index in [1.54, 1.807) is 0 Å². The van der Waals surface area contributed by atoms with Crippen LogP contribution in [-0.2, 0) is 0 Å². The molecule has 1 aliphatic rings. The van der Waals surface area contributed by atoms with Crippen molar-refractivity contribution in [1.82, 2.24) is 0 Å². The van der Waals surface area contributed by atoms with Gasteiger partial charge in [0, 0.05) is 0 Å². The van der Waals surface area contributed by atoms with Crippen molar-refractivity contribution in [1.29, 1.82) is 0 Å². The zero-order valence-electron chi connectivity index (χ0n) is 14.9. The summed E-state index contributed by atoms with van der Waals surface area (Å²) in [6.45, 7) is 0. The summed E-state index contributed by atoms with van der Waals surface area (Å²) in [4.78, 5) is 0. The van der Waals surface area contributed by atoms with Crippen molar-refractivity contribution in [3.8, 4) is 0 Å². The van der Waals surface area contributed by atoms with Crippen LogP contribution < -0.4 is 0 Å². The molecule has 128 valence electrons. The van der Waals surface area contributed by atoms with E-state index in [2.05, 4.69) is 97.1 Å². The van der Waals surface area contributed by atoms with Crippen LogP contribution in [0.4, 0.5) is 0 Å². The van der Waals surface area contributed by atoms with Crippen molar-refractivity contribution in [3.63, 3.8) is 0 Å². The van der Waals surface area contributed by atoms with Gasteiger partial charge in [-0.05, 0) is 84.9 Å². The molecule has 0 saturated heterocycles. The van der Waals surface area contributed by atoms with Gasteiger partial charge in [0.05, 0.1) is 0 Å². The maximum atomic E-state index is 2.40. The summed E-state index contributed by atoms with van der Waals surface area (Å²) in [6.07, 6.45) is 7.67. The van der Waals surface area contributed by atoms with Gasteiger partial charge in [0.1, 0.15) is 0 Å². The Morgan fingerprint density at radius 2 is 1.18 bits per heavy atom. The first-order chi connectivity index (χ1) is 13.4. The van der Waals surface area contributed by atoms with Gasteiger partial charge in [0.2, 0.25) is 0 Å². The second-order valence-electron chi connectivity index (χ2n) is 7.41. The van der Waals surface area contributed by atoms with Crippen LogP contribution in [0.25, 0.3) is 48.7 Å². The van der Waals surface area contributed by atoms with Gasteiger partial charge < -0.3 is 0 Å². The van der Waals surface area contributed by atoms with Gasteiger partial charge in [-0.2, -0.15) is 0 Å². The van der Waals surface area contributed by atoms with Gasteiger partial charge in [-0.25, -0.2) is 0 Å². The standard InChI is InChI=1S/C27H18.Cs.H/c1-2-7-18(6-1)24-11-5-10-21-15-23-13-12-22-14-19-8-3-4-9-20(19)16-25(22)27(23)17-26(21)24;;/h1-6,8-17H,7H2;;. The third-order valence-corrected chi connectivity index (χ3v) is 5.82. The van der Waals surface area contributed by atoms with Crippen LogP contribution in [0.2, 0.25) is 0 Å². The number of fused-ring (bicyclic) bond motifs is 5. The summed E-state index contributed by atoms with van der Waals surface area (Å²) >= 11 is 0. The summed E-state index contributed by atoms with van der Waals surface area (Å²) in [5.41, 5.74) is 2.77. The van der Waals surface area contributed by atoms with E-state index < -0.39 is 0 Å². The zero-order valence-corrected chi connectivity index (χ0v) is 14.9. The van der Waals surface area contributed by atoms with E-state index in [0.29, 0.717) is 0 Å². The molecule has 0 N–H and O–H groups in total. The molecule has 0 saturated carbocycles. The predicted molar refractivity (Wildman–Crippen MR) is 125 cm³/mol. The Morgan fingerprint density at radius 1 is 0.536 bits per heavy atom. The second kappa shape index (κ2) is 7.49. The van der Waals surface area contributed by atoms with Crippen molar-refractivity contribution < 1.29 is 0 Å². The van der Waals surface area contributed by atoms with Crippen LogP contribution in [0.3, 0.4) is 0 Å². The van der Waals surface area contributed by atoms with Crippen LogP contribution >= 0.6 is 0 Å². The Balaban J connectivity index is 0.00000171. The Hall–Kier alpha value is -1.33. The van der Waals surface area contributed by atoms with Crippen LogP contribution in [0, 0.1) is 0 Å². The molecule has 0 nitrogen and oxygen atoms in total. The summed E-state index contributed by atoms with van der Waals surface area (Å²) in [5, 5.41) is 10.5. The first-order valence-corrected chi connectivity index (χ1v) is 9.51. The van der Waals surface area contributed by atoms with E-state index in [1.807, 2.05) is 0 Å². The van der Waals surface area contributed by atoms with Gasteiger partial charge >= 0.3 is 68.9 Å². The molecule has 0 atom stereocenters. The molecule has 28 heavy (non-hydrogen) atoms. The van der Waals surface area contributed by atoms with E-state index in [-0.39, 0.29) is 68.9 Å². The van der Waals surface area contributed by atoms with Crippen molar-refractivity contribution in [2.24, 2.45) is 0 Å². The molecule has 5 aromatic carbocycles. The normalized spacial score (nSPS) is 13.4. The van der Waals surface area contributed by atoms with Gasteiger partial charge in [-0.1, -0.05) is 72.8 Å². The molecule has 1 heteroatoms. The average molecular weight is 476 g/mol. The molecule has 0 unspecified atom stereocenters. The zero-order chi connectivity index (χ0) is 17.8. The Morgan fingerprint density at radius 3 is 1.93 bits per heavy atom. The van der Waals surface area contributed by atoms with E-state index in [4.69, 9.17) is 0 Å². The van der Waals surface area contributed by atoms with Gasteiger partial charge in [0.25, 0.3) is 0 Å². The summed E-state index contributed by atoms with van der Waals surface area (Å²) in [6, 6.07) is 29.2. The second-order valence-corrected chi connectivity index (χ2v) is 7.41. The Bertz CT molecular complexity index is 1440. The Kier molecular flexibility index (Phi) is 5.00. The van der Waals surface area contributed by atoms with Gasteiger partial charge in [0.15, 0.2) is 0 Å². The molecular weight excluding hydrogens is 457 g/mol. The molecule has 0 aromatic heterocycles. The quantitative estimate of drug-likeness (QED) is 0.181. The summed E-state index contributed by atoms with van der Waals surface area (Å²) in [5.74, 6) is 0. The van der Waals surface area contributed by atoms with Crippen molar-refractivity contribution in [2.45, 2.75) is 6.42 Å². The van der Waals surface area contributed by atoms with Crippen LogP contribution in [-0.4, -0.2) is 68.9 Å². The van der Waals surface area contributed by atoms with Crippen LogP contribution in [0.5, 0.6) is 0 Å². The molecule has 0 bridgehead atoms. The number of hydrogen-bond acceptors (Lipinski definition) is 0. The molecule has 0 aliphatic heterocycles. The summed E-state index contributed by atoms with van der Waals surface area (Å²) < 4.78 is 0. The molecule has 0 spiro atoms. The van der Waals surface area contributed by atoms with Crippen molar-refractivity contribution >= 4 is 118 Å². The first kappa shape index (κ1) is 18.7. The van der Waals surface area contributed by atoms with Crippen molar-refractivity contribution in [3.05, 3.63) is 103 Å². The Labute approximate surface area is 223 Å². The third-order valence-electron chi connectivity index (χ3n) is 5.82. The van der Waals surface area contributed by atoms with Gasteiger partial charge in [-0.3, -0.25) is 0 Å². The molecule has 0 radical (unpaired) electrons. The van der Waals surface area contributed by atoms with Crippen LogP contribution in [0.15, 0.2) is 97.1 Å². The SMILES string of the molecule is C1=CCC(c2cccc3cc4ccc5cc6ccccc6cc5c4cc23)=C1.[CsH]. The van der Waals surface area contributed by atoms with E-state index >= 15 is 0 Å². The van der Waals surface area contributed by atoms with E-state index in [0.717, 1.165) is 6.42 Å². The molecule has 0 fully saturated rings. The fraction of sp³-hybridized carbons (Fsp3) is 0.0370. The van der Waals surface area contributed by atoms with E-state index in [9.17, 15) is 0 Å². The number of benzene rings is 5. The molecule has 0 amide bonds. The number of hydrogen-bond donors (Lipinski definition) is 0. The first-order valence-electron chi connectivity index (χ1n) is 9.51. The van der Waals surface area contributed by atoms with Gasteiger partial charge in [-0.15, -0.1) is 0 Å². The summed E-state index contributed by atoms with van der Waals surface area (Å²) in [7, 11) is 0. The fourth-order valence-corrected chi connectivity index (χ4v) is 4.45. The molecule has 0 heterocycles.